The molecule has 4 rings (SSSR count). The molecule has 2 aromatic heterocycles. The van der Waals surface area contributed by atoms with Crippen molar-refractivity contribution < 1.29 is 4.79 Å². The second-order valence-electron chi connectivity index (χ2n) is 7.26. The van der Waals surface area contributed by atoms with Gasteiger partial charge in [-0.3, -0.25) is 14.2 Å². The first kappa shape index (κ1) is 21.6. The summed E-state index contributed by atoms with van der Waals surface area (Å²) in [5.74, 6) is 0.327. The molecule has 158 valence electrons. The predicted octanol–water partition coefficient (Wildman–Crippen LogP) is 5.05. The molecule has 1 aliphatic rings. The van der Waals surface area contributed by atoms with Crippen LogP contribution in [0.4, 0.5) is 0 Å². The number of carbonyl (C=O) groups excluding carboxylic acids is 1. The first-order valence-electron chi connectivity index (χ1n) is 10.3. The maximum Gasteiger partial charge on any atom is 0.267 e. The highest BCUT2D eigenvalue weighted by Crippen LogP contribution is 2.35. The zero-order valence-corrected chi connectivity index (χ0v) is 20.3. The van der Waals surface area contributed by atoms with E-state index >= 15 is 0 Å². The molecule has 1 aliphatic carbocycles. The highest BCUT2D eigenvalue weighted by atomic mass is 79.9. The van der Waals surface area contributed by atoms with E-state index in [0.717, 1.165) is 39.6 Å². The Bertz CT molecular complexity index is 1130. The number of carbonyl (C=O) groups is 1. The average Bonchev–Trinajstić information content (AvgIpc) is 3.13. The lowest BCUT2D eigenvalue weighted by molar-refractivity contribution is -0.127. The fourth-order valence-corrected chi connectivity index (χ4v) is 6.38. The summed E-state index contributed by atoms with van der Waals surface area (Å²) < 4.78 is 2.63. The molecular formula is C22H24BrN3O2S2. The van der Waals surface area contributed by atoms with Crippen LogP contribution >= 0.6 is 39.0 Å². The summed E-state index contributed by atoms with van der Waals surface area (Å²) >= 11 is 6.45. The Hall–Kier alpha value is -1.64. The van der Waals surface area contributed by atoms with E-state index < -0.39 is 0 Å². The van der Waals surface area contributed by atoms with E-state index in [2.05, 4.69) is 15.9 Å². The van der Waals surface area contributed by atoms with Crippen molar-refractivity contribution in [1.82, 2.24) is 14.5 Å². The molecule has 0 saturated heterocycles. The number of amides is 1. The second kappa shape index (κ2) is 9.24. The lowest BCUT2D eigenvalue weighted by atomic mass is 9.97. The van der Waals surface area contributed by atoms with E-state index in [9.17, 15) is 9.59 Å². The van der Waals surface area contributed by atoms with Crippen molar-refractivity contribution in [3.05, 3.63) is 49.5 Å². The molecule has 30 heavy (non-hydrogen) atoms. The van der Waals surface area contributed by atoms with E-state index in [1.54, 1.807) is 20.8 Å². The zero-order valence-electron chi connectivity index (χ0n) is 17.1. The molecule has 0 spiro atoms. The van der Waals surface area contributed by atoms with Crippen LogP contribution in [0.5, 0.6) is 0 Å². The monoisotopic (exact) mass is 505 g/mol. The Labute approximate surface area is 192 Å². The number of thiophene rings is 1. The SMILES string of the molecule is CCN(CC)C(=O)CSc1nc2sc3c(c2c(=O)n1-c1ccc(Br)cc1)CCCC3. The first-order valence-corrected chi connectivity index (χ1v) is 12.9. The Balaban J connectivity index is 1.83. The van der Waals surface area contributed by atoms with Gasteiger partial charge in [0, 0.05) is 22.4 Å². The number of aryl methyl sites for hydroxylation is 2. The van der Waals surface area contributed by atoms with Crippen molar-refractivity contribution in [3.8, 4) is 5.69 Å². The lowest BCUT2D eigenvalue weighted by Gasteiger charge is -2.19. The smallest absolute Gasteiger partial charge is 0.267 e. The Morgan fingerprint density at radius 1 is 1.20 bits per heavy atom. The maximum atomic E-state index is 13.7. The standard InChI is InChI=1S/C22H24BrN3O2S2/c1-3-25(4-2)18(27)13-29-22-24-20-19(16-7-5-6-8-17(16)30-20)21(28)26(22)15-11-9-14(23)10-12-15/h9-12H,3-8,13H2,1-2H3. The number of rotatable bonds is 6. The fourth-order valence-electron chi connectivity index (χ4n) is 3.89. The number of hydrogen-bond donors (Lipinski definition) is 0. The minimum atomic E-state index is -0.0282. The minimum Gasteiger partial charge on any atom is -0.343 e. The van der Waals surface area contributed by atoms with Crippen LogP contribution in [-0.2, 0) is 17.6 Å². The number of hydrogen-bond acceptors (Lipinski definition) is 5. The van der Waals surface area contributed by atoms with Gasteiger partial charge in [-0.1, -0.05) is 27.7 Å². The van der Waals surface area contributed by atoms with Crippen LogP contribution in [-0.4, -0.2) is 39.2 Å². The van der Waals surface area contributed by atoms with Crippen molar-refractivity contribution >= 4 is 55.2 Å². The van der Waals surface area contributed by atoms with Crippen LogP contribution in [0.25, 0.3) is 15.9 Å². The molecule has 0 unspecified atom stereocenters. The minimum absolute atomic E-state index is 0.0282. The molecule has 1 amide bonds. The summed E-state index contributed by atoms with van der Waals surface area (Å²) in [7, 11) is 0. The second-order valence-corrected chi connectivity index (χ2v) is 10.2. The quantitative estimate of drug-likeness (QED) is 0.347. The molecule has 8 heteroatoms. The molecule has 2 heterocycles. The van der Waals surface area contributed by atoms with Gasteiger partial charge in [0.1, 0.15) is 4.83 Å². The van der Waals surface area contributed by atoms with E-state index in [1.807, 2.05) is 38.1 Å². The van der Waals surface area contributed by atoms with E-state index in [0.29, 0.717) is 18.2 Å². The first-order chi connectivity index (χ1) is 14.5. The van der Waals surface area contributed by atoms with Crippen LogP contribution in [0.3, 0.4) is 0 Å². The molecule has 0 N–H and O–H groups in total. The van der Waals surface area contributed by atoms with Crippen LogP contribution < -0.4 is 5.56 Å². The summed E-state index contributed by atoms with van der Waals surface area (Å²) in [5, 5.41) is 1.34. The number of halogens is 1. The summed E-state index contributed by atoms with van der Waals surface area (Å²) in [4.78, 5) is 35.0. The fraction of sp³-hybridized carbons (Fsp3) is 0.409. The van der Waals surface area contributed by atoms with Gasteiger partial charge in [0.2, 0.25) is 5.91 Å². The lowest BCUT2D eigenvalue weighted by Crippen LogP contribution is -2.32. The van der Waals surface area contributed by atoms with Crippen molar-refractivity contribution in [2.75, 3.05) is 18.8 Å². The molecule has 0 fully saturated rings. The molecule has 0 radical (unpaired) electrons. The van der Waals surface area contributed by atoms with Gasteiger partial charge in [-0.2, -0.15) is 0 Å². The number of thioether (sulfide) groups is 1. The number of aromatic nitrogens is 2. The summed E-state index contributed by atoms with van der Waals surface area (Å²) in [6, 6.07) is 7.66. The van der Waals surface area contributed by atoms with Gasteiger partial charge in [-0.25, -0.2) is 4.98 Å². The van der Waals surface area contributed by atoms with Gasteiger partial charge < -0.3 is 4.90 Å². The zero-order chi connectivity index (χ0) is 21.3. The van der Waals surface area contributed by atoms with Crippen molar-refractivity contribution in [2.24, 2.45) is 0 Å². The van der Waals surface area contributed by atoms with Gasteiger partial charge in [-0.05, 0) is 69.4 Å². The van der Waals surface area contributed by atoms with Gasteiger partial charge in [0.05, 0.1) is 16.8 Å². The Kier molecular flexibility index (Phi) is 6.65. The predicted molar refractivity (Wildman–Crippen MR) is 128 cm³/mol. The average molecular weight is 506 g/mol. The molecule has 0 atom stereocenters. The van der Waals surface area contributed by atoms with Crippen molar-refractivity contribution in [3.63, 3.8) is 0 Å². The van der Waals surface area contributed by atoms with E-state index in [4.69, 9.17) is 4.98 Å². The third-order valence-electron chi connectivity index (χ3n) is 5.48. The van der Waals surface area contributed by atoms with Crippen LogP contribution in [0.2, 0.25) is 0 Å². The molecule has 0 bridgehead atoms. The summed E-state index contributed by atoms with van der Waals surface area (Å²) in [5.41, 5.74) is 1.92. The largest absolute Gasteiger partial charge is 0.343 e. The third-order valence-corrected chi connectivity index (χ3v) is 8.12. The van der Waals surface area contributed by atoms with Gasteiger partial charge in [0.25, 0.3) is 5.56 Å². The molecule has 5 nitrogen and oxygen atoms in total. The van der Waals surface area contributed by atoms with Crippen LogP contribution in [0, 0.1) is 0 Å². The molecule has 0 aliphatic heterocycles. The Morgan fingerprint density at radius 2 is 1.90 bits per heavy atom. The van der Waals surface area contributed by atoms with Crippen molar-refractivity contribution in [1.29, 1.82) is 0 Å². The number of nitrogens with zero attached hydrogens (tertiary/aromatic N) is 3. The normalized spacial score (nSPS) is 13.4. The maximum absolute atomic E-state index is 13.7. The molecule has 1 aromatic carbocycles. The van der Waals surface area contributed by atoms with Gasteiger partial charge in [-0.15, -0.1) is 11.3 Å². The highest BCUT2D eigenvalue weighted by molar-refractivity contribution is 9.10. The van der Waals surface area contributed by atoms with Gasteiger partial charge >= 0.3 is 0 Å². The van der Waals surface area contributed by atoms with Crippen molar-refractivity contribution in [2.45, 2.75) is 44.7 Å². The molecular weight excluding hydrogens is 482 g/mol. The van der Waals surface area contributed by atoms with Gasteiger partial charge in [0.15, 0.2) is 5.16 Å². The topological polar surface area (TPSA) is 55.2 Å². The summed E-state index contributed by atoms with van der Waals surface area (Å²) in [6.45, 7) is 5.31. The molecule has 3 aromatic rings. The van der Waals surface area contributed by atoms with Crippen LogP contribution in [0.15, 0.2) is 38.7 Å². The van der Waals surface area contributed by atoms with Crippen LogP contribution in [0.1, 0.15) is 37.1 Å². The summed E-state index contributed by atoms with van der Waals surface area (Å²) in [6.07, 6.45) is 4.25. The molecule has 0 saturated carbocycles. The number of fused-ring (bicyclic) bond motifs is 3. The Morgan fingerprint density at radius 3 is 2.60 bits per heavy atom. The van der Waals surface area contributed by atoms with E-state index in [1.165, 1.54) is 28.6 Å². The van der Waals surface area contributed by atoms with E-state index in [-0.39, 0.29) is 17.2 Å². The highest BCUT2D eigenvalue weighted by Gasteiger charge is 2.23. The number of benzene rings is 1. The third kappa shape index (κ3) is 4.09.